The number of rotatable bonds is 4. The molecular formula is C14H12IN. The van der Waals surface area contributed by atoms with Crippen molar-refractivity contribution in [3.63, 3.8) is 0 Å². The van der Waals surface area contributed by atoms with Gasteiger partial charge in [0.25, 0.3) is 0 Å². The lowest BCUT2D eigenvalue weighted by Crippen LogP contribution is -2.01. The topological polar surface area (TPSA) is 12.4 Å². The van der Waals surface area contributed by atoms with Crippen LogP contribution in [0.2, 0.25) is 0 Å². The minimum absolute atomic E-state index is 0.900. The molecule has 0 aliphatic heterocycles. The van der Waals surface area contributed by atoms with Gasteiger partial charge in [-0.3, -0.25) is 0 Å². The molecule has 0 saturated carbocycles. The fourth-order valence-electron chi connectivity index (χ4n) is 1.29. The molecule has 0 bridgehead atoms. The Morgan fingerprint density at radius 3 is 2.50 bits per heavy atom. The zero-order chi connectivity index (χ0) is 11.8. The van der Waals surface area contributed by atoms with Crippen LogP contribution in [0.15, 0.2) is 76.2 Å². The van der Waals surface area contributed by atoms with E-state index in [1.54, 1.807) is 12.2 Å². The van der Waals surface area contributed by atoms with Crippen molar-refractivity contribution < 1.29 is 0 Å². The van der Waals surface area contributed by atoms with Gasteiger partial charge in [-0.15, -0.1) is 5.73 Å². The summed E-state index contributed by atoms with van der Waals surface area (Å²) in [5, 5.41) is 0. The Morgan fingerprint density at radius 2 is 2.00 bits per heavy atom. The minimum atomic E-state index is 0.900. The Labute approximate surface area is 110 Å². The van der Waals surface area contributed by atoms with Crippen LogP contribution in [-0.2, 0) is 0 Å². The van der Waals surface area contributed by atoms with Gasteiger partial charge in [-0.25, -0.2) is 3.21 Å². The monoisotopic (exact) mass is 321 g/mol. The Bertz CT molecular complexity index is 463. The van der Waals surface area contributed by atoms with E-state index in [9.17, 15) is 0 Å². The van der Waals surface area contributed by atoms with E-state index in [1.807, 2.05) is 59.3 Å². The van der Waals surface area contributed by atoms with Crippen LogP contribution >= 0.6 is 22.9 Å². The van der Waals surface area contributed by atoms with Crippen LogP contribution in [0.3, 0.4) is 0 Å². The van der Waals surface area contributed by atoms with Crippen LogP contribution in [0.5, 0.6) is 0 Å². The second-order valence-electron chi connectivity index (χ2n) is 3.01. The third-order valence-corrected chi connectivity index (χ3v) is 2.44. The predicted octanol–water partition coefficient (Wildman–Crippen LogP) is 4.28. The molecule has 0 saturated heterocycles. The summed E-state index contributed by atoms with van der Waals surface area (Å²) in [6, 6.07) is 9.99. The van der Waals surface area contributed by atoms with Crippen molar-refractivity contribution in [1.29, 1.82) is 0 Å². The second kappa shape index (κ2) is 6.99. The van der Waals surface area contributed by atoms with Crippen LogP contribution < -0.4 is 0 Å². The third kappa shape index (κ3) is 3.33. The first-order valence-corrected chi connectivity index (χ1v) is 5.73. The smallest absolute Gasteiger partial charge is 0.0847 e. The summed E-state index contributed by atoms with van der Waals surface area (Å²) < 4.78 is 4.27. The first-order valence-electron chi connectivity index (χ1n) is 4.76. The van der Waals surface area contributed by atoms with Crippen LogP contribution in [0, 0.1) is 0 Å². The molecule has 0 atom stereocenters. The average Bonchev–Trinajstić information content (AvgIpc) is 2.32. The van der Waals surface area contributed by atoms with E-state index in [2.05, 4.69) is 22.1 Å². The van der Waals surface area contributed by atoms with Crippen molar-refractivity contribution in [3.05, 3.63) is 78.6 Å². The summed E-state index contributed by atoms with van der Waals surface area (Å²) >= 11 is 1.99. The van der Waals surface area contributed by atoms with Crippen molar-refractivity contribution in [1.82, 2.24) is 0 Å². The van der Waals surface area contributed by atoms with Gasteiger partial charge < -0.3 is 0 Å². The Kier molecular flexibility index (Phi) is 5.54. The molecule has 0 N–H and O–H groups in total. The number of allylic oxidation sites excluding steroid dienone is 4. The van der Waals surface area contributed by atoms with E-state index in [0.717, 1.165) is 16.8 Å². The highest BCUT2D eigenvalue weighted by molar-refractivity contribution is 14.1. The lowest BCUT2D eigenvalue weighted by atomic mass is 10.0. The fraction of sp³-hybridized carbons (Fsp3) is 0. The minimum Gasteiger partial charge on any atom is -0.214 e. The first kappa shape index (κ1) is 12.7. The molecule has 0 aromatic heterocycles. The molecule has 0 heterocycles. The van der Waals surface area contributed by atoms with Crippen molar-refractivity contribution in [3.8, 4) is 0 Å². The van der Waals surface area contributed by atoms with Crippen LogP contribution in [0.1, 0.15) is 5.56 Å². The first-order chi connectivity index (χ1) is 7.83. The maximum absolute atomic E-state index is 4.27. The summed E-state index contributed by atoms with van der Waals surface area (Å²) in [6.07, 6.45) is 5.42. The van der Waals surface area contributed by atoms with Crippen LogP contribution in [-0.4, -0.2) is 5.71 Å². The number of hydrogen-bond acceptors (Lipinski definition) is 1. The molecule has 0 unspecified atom stereocenters. The summed E-state index contributed by atoms with van der Waals surface area (Å²) in [5.74, 6) is 0. The van der Waals surface area contributed by atoms with Gasteiger partial charge in [-0.2, -0.15) is 0 Å². The number of halogens is 1. The molecule has 1 aromatic carbocycles. The highest BCUT2D eigenvalue weighted by atomic mass is 127. The molecule has 0 aliphatic carbocycles. The maximum Gasteiger partial charge on any atom is 0.0847 e. The van der Waals surface area contributed by atoms with Crippen molar-refractivity contribution in [2.24, 2.45) is 3.21 Å². The van der Waals surface area contributed by atoms with E-state index >= 15 is 0 Å². The molecular weight excluding hydrogens is 309 g/mol. The van der Waals surface area contributed by atoms with E-state index in [4.69, 9.17) is 0 Å². The molecule has 0 spiro atoms. The zero-order valence-corrected chi connectivity index (χ0v) is 11.0. The van der Waals surface area contributed by atoms with Crippen LogP contribution in [0.25, 0.3) is 0 Å². The Balaban J connectivity index is 3.22. The van der Waals surface area contributed by atoms with Gasteiger partial charge in [-0.1, -0.05) is 55.6 Å². The normalized spacial score (nSPS) is 11.8. The maximum atomic E-state index is 4.27. The highest BCUT2D eigenvalue weighted by Crippen LogP contribution is 2.13. The van der Waals surface area contributed by atoms with E-state index in [-0.39, 0.29) is 0 Å². The van der Waals surface area contributed by atoms with Gasteiger partial charge >= 0.3 is 0 Å². The number of benzene rings is 1. The Hall–Kier alpha value is -1.38. The van der Waals surface area contributed by atoms with Gasteiger partial charge in [-0.05, 0) is 6.08 Å². The second-order valence-corrected chi connectivity index (χ2v) is 3.49. The molecule has 0 radical (unpaired) electrons. The van der Waals surface area contributed by atoms with Gasteiger partial charge in [0.1, 0.15) is 0 Å². The lowest BCUT2D eigenvalue weighted by molar-refractivity contribution is 1.61. The van der Waals surface area contributed by atoms with Gasteiger partial charge in [0, 0.05) is 11.1 Å². The van der Waals surface area contributed by atoms with Gasteiger partial charge in [0.15, 0.2) is 0 Å². The number of nitrogens with zero attached hydrogens (tertiary/aromatic N) is 1. The van der Waals surface area contributed by atoms with Gasteiger partial charge in [0.05, 0.1) is 28.6 Å². The molecule has 1 nitrogen and oxygen atoms in total. The highest BCUT2D eigenvalue weighted by Gasteiger charge is 2.05. The van der Waals surface area contributed by atoms with E-state index in [1.165, 1.54) is 0 Å². The third-order valence-electron chi connectivity index (χ3n) is 1.96. The molecule has 1 rings (SSSR count). The largest absolute Gasteiger partial charge is 0.214 e. The zero-order valence-electron chi connectivity index (χ0n) is 8.86. The van der Waals surface area contributed by atoms with Crippen molar-refractivity contribution in [2.75, 3.05) is 0 Å². The molecule has 16 heavy (non-hydrogen) atoms. The van der Waals surface area contributed by atoms with Crippen molar-refractivity contribution in [2.45, 2.75) is 0 Å². The van der Waals surface area contributed by atoms with Gasteiger partial charge in [0.2, 0.25) is 0 Å². The molecule has 0 amide bonds. The summed E-state index contributed by atoms with van der Waals surface area (Å²) in [7, 11) is 0. The van der Waals surface area contributed by atoms with Crippen molar-refractivity contribution >= 4 is 28.6 Å². The number of hydrogen-bond donors (Lipinski definition) is 0. The lowest BCUT2D eigenvalue weighted by Gasteiger charge is -2.04. The van der Waals surface area contributed by atoms with E-state index in [0.29, 0.717) is 0 Å². The summed E-state index contributed by atoms with van der Waals surface area (Å²) in [4.78, 5) is 0. The van der Waals surface area contributed by atoms with E-state index < -0.39 is 0 Å². The quantitative estimate of drug-likeness (QED) is 0.340. The molecule has 0 fully saturated rings. The predicted molar refractivity (Wildman–Crippen MR) is 79.0 cm³/mol. The molecule has 1 aromatic rings. The molecule has 2 heteroatoms. The fourth-order valence-corrected chi connectivity index (χ4v) is 1.85. The molecule has 80 valence electrons. The summed E-state index contributed by atoms with van der Waals surface area (Å²) in [6.45, 7) is 7.27. The summed E-state index contributed by atoms with van der Waals surface area (Å²) in [5.41, 5.74) is 5.68. The standard InChI is InChI=1S/C14H12IN/c1-3-8-12(9-4-2)14(16-15)13-10-6-5-7-11-13/h3,5-11H,1-2H2/b12-8+,16-14?. The molecule has 0 aliphatic rings. The average molecular weight is 321 g/mol. The Morgan fingerprint density at radius 1 is 1.31 bits per heavy atom. The SMILES string of the molecule is C=C=C/C(=C\C=C)C(=NI)c1ccccc1. The van der Waals surface area contributed by atoms with Crippen LogP contribution in [0.4, 0.5) is 0 Å².